The molecule has 1 fully saturated rings. The van der Waals surface area contributed by atoms with Crippen molar-refractivity contribution >= 4 is 0 Å². The summed E-state index contributed by atoms with van der Waals surface area (Å²) in [4.78, 5) is 0. The lowest BCUT2D eigenvalue weighted by molar-refractivity contribution is 0.368. The van der Waals surface area contributed by atoms with Gasteiger partial charge in [-0.3, -0.25) is 0 Å². The van der Waals surface area contributed by atoms with E-state index in [1.165, 1.54) is 31.2 Å². The number of hydrogen-bond acceptors (Lipinski definition) is 3. The molecule has 1 saturated carbocycles. The maximum Gasteiger partial charge on any atom is 0.127 e. The first kappa shape index (κ1) is 14.2. The van der Waals surface area contributed by atoms with E-state index >= 15 is 0 Å². The van der Waals surface area contributed by atoms with Crippen LogP contribution in [0.1, 0.15) is 38.2 Å². The van der Waals surface area contributed by atoms with Crippen molar-refractivity contribution in [2.45, 2.75) is 45.2 Å². The van der Waals surface area contributed by atoms with Crippen LogP contribution in [0.4, 0.5) is 0 Å². The highest BCUT2D eigenvalue weighted by Crippen LogP contribution is 2.28. The quantitative estimate of drug-likeness (QED) is 0.853. The Hall–Kier alpha value is -1.22. The van der Waals surface area contributed by atoms with Gasteiger partial charge < -0.3 is 14.8 Å². The third-order valence-electron chi connectivity index (χ3n) is 4.22. The second-order valence-corrected chi connectivity index (χ2v) is 5.39. The van der Waals surface area contributed by atoms with Crippen LogP contribution in [-0.4, -0.2) is 20.3 Å². The Labute approximate surface area is 116 Å². The van der Waals surface area contributed by atoms with Crippen LogP contribution >= 0.6 is 0 Å². The topological polar surface area (TPSA) is 30.5 Å². The zero-order valence-electron chi connectivity index (χ0n) is 12.2. The number of hydrogen-bond donors (Lipinski definition) is 1. The van der Waals surface area contributed by atoms with Crippen molar-refractivity contribution < 1.29 is 9.47 Å². The Balaban J connectivity index is 1.94. The summed E-state index contributed by atoms with van der Waals surface area (Å²) in [6, 6.07) is 6.58. The van der Waals surface area contributed by atoms with Crippen molar-refractivity contribution in [3.63, 3.8) is 0 Å². The first-order valence-corrected chi connectivity index (χ1v) is 7.19. The minimum Gasteiger partial charge on any atom is -0.497 e. The zero-order chi connectivity index (χ0) is 13.7. The summed E-state index contributed by atoms with van der Waals surface area (Å²) in [6.07, 6.45) is 5.52. The van der Waals surface area contributed by atoms with Crippen LogP contribution in [0.3, 0.4) is 0 Å². The molecular weight excluding hydrogens is 238 g/mol. The fraction of sp³-hybridized carbons (Fsp3) is 0.625. The van der Waals surface area contributed by atoms with E-state index in [0.717, 1.165) is 24.0 Å². The van der Waals surface area contributed by atoms with Gasteiger partial charge in [0.05, 0.1) is 14.2 Å². The molecule has 0 aromatic heterocycles. The SMILES string of the molecule is COc1ccc(CN[C@@H](C)C2CCCC2)c(OC)c1. The van der Waals surface area contributed by atoms with E-state index in [9.17, 15) is 0 Å². The fourth-order valence-electron chi connectivity index (χ4n) is 2.89. The summed E-state index contributed by atoms with van der Waals surface area (Å²) in [6.45, 7) is 3.15. The lowest BCUT2D eigenvalue weighted by Gasteiger charge is -2.21. The van der Waals surface area contributed by atoms with Gasteiger partial charge in [0.15, 0.2) is 0 Å². The lowest BCUT2D eigenvalue weighted by atomic mass is 9.99. The zero-order valence-corrected chi connectivity index (χ0v) is 12.2. The lowest BCUT2D eigenvalue weighted by Crippen LogP contribution is -2.31. The molecule has 3 heteroatoms. The van der Waals surface area contributed by atoms with E-state index in [2.05, 4.69) is 18.3 Å². The minimum atomic E-state index is 0.578. The molecule has 1 N–H and O–H groups in total. The van der Waals surface area contributed by atoms with E-state index in [0.29, 0.717) is 6.04 Å². The Bertz CT molecular complexity index is 400. The molecule has 106 valence electrons. The van der Waals surface area contributed by atoms with Crippen LogP contribution in [0, 0.1) is 5.92 Å². The molecule has 3 nitrogen and oxygen atoms in total. The van der Waals surface area contributed by atoms with E-state index in [-0.39, 0.29) is 0 Å². The molecule has 19 heavy (non-hydrogen) atoms. The molecule has 1 aliphatic carbocycles. The molecule has 0 saturated heterocycles. The summed E-state index contributed by atoms with van der Waals surface area (Å²) in [5, 5.41) is 3.63. The van der Waals surface area contributed by atoms with Gasteiger partial charge >= 0.3 is 0 Å². The van der Waals surface area contributed by atoms with Gasteiger partial charge in [0.1, 0.15) is 11.5 Å². The molecule has 1 aromatic rings. The van der Waals surface area contributed by atoms with Crippen molar-refractivity contribution in [3.8, 4) is 11.5 Å². The van der Waals surface area contributed by atoms with Gasteiger partial charge in [-0.05, 0) is 31.7 Å². The van der Waals surface area contributed by atoms with Gasteiger partial charge in [-0.2, -0.15) is 0 Å². The molecule has 0 bridgehead atoms. The third-order valence-corrected chi connectivity index (χ3v) is 4.22. The molecular formula is C16H25NO2. The molecule has 0 unspecified atom stereocenters. The largest absolute Gasteiger partial charge is 0.497 e. The Morgan fingerprint density at radius 2 is 1.95 bits per heavy atom. The van der Waals surface area contributed by atoms with Crippen molar-refractivity contribution in [2.24, 2.45) is 5.92 Å². The highest BCUT2D eigenvalue weighted by atomic mass is 16.5. The third kappa shape index (κ3) is 3.63. The Morgan fingerprint density at radius 3 is 2.58 bits per heavy atom. The van der Waals surface area contributed by atoms with Crippen molar-refractivity contribution in [1.82, 2.24) is 5.32 Å². The fourth-order valence-corrected chi connectivity index (χ4v) is 2.89. The van der Waals surface area contributed by atoms with Crippen LogP contribution in [-0.2, 0) is 6.54 Å². The van der Waals surface area contributed by atoms with Gasteiger partial charge in [-0.1, -0.05) is 18.9 Å². The van der Waals surface area contributed by atoms with Gasteiger partial charge in [0, 0.05) is 24.2 Å². The number of ether oxygens (including phenoxy) is 2. The highest BCUT2D eigenvalue weighted by Gasteiger charge is 2.21. The highest BCUT2D eigenvalue weighted by molar-refractivity contribution is 5.40. The van der Waals surface area contributed by atoms with E-state index in [4.69, 9.17) is 9.47 Å². The molecule has 0 spiro atoms. The first-order chi connectivity index (χ1) is 9.24. The monoisotopic (exact) mass is 263 g/mol. The molecule has 0 heterocycles. The van der Waals surface area contributed by atoms with Crippen molar-refractivity contribution in [1.29, 1.82) is 0 Å². The van der Waals surface area contributed by atoms with Gasteiger partial charge in [-0.25, -0.2) is 0 Å². The number of rotatable bonds is 6. The van der Waals surface area contributed by atoms with Gasteiger partial charge in [-0.15, -0.1) is 0 Å². The first-order valence-electron chi connectivity index (χ1n) is 7.19. The van der Waals surface area contributed by atoms with E-state index in [1.807, 2.05) is 12.1 Å². The number of benzene rings is 1. The van der Waals surface area contributed by atoms with E-state index < -0.39 is 0 Å². The van der Waals surface area contributed by atoms with Gasteiger partial charge in [0.25, 0.3) is 0 Å². The molecule has 2 rings (SSSR count). The summed E-state index contributed by atoms with van der Waals surface area (Å²) >= 11 is 0. The maximum absolute atomic E-state index is 5.43. The maximum atomic E-state index is 5.43. The smallest absolute Gasteiger partial charge is 0.127 e. The molecule has 0 amide bonds. The molecule has 1 atom stereocenters. The summed E-state index contributed by atoms with van der Waals surface area (Å²) in [5.41, 5.74) is 1.19. The minimum absolute atomic E-state index is 0.578. The van der Waals surface area contributed by atoms with Crippen LogP contribution in [0.2, 0.25) is 0 Å². The standard InChI is InChI=1S/C16H25NO2/c1-12(13-6-4-5-7-13)17-11-14-8-9-15(18-2)10-16(14)19-3/h8-10,12-13,17H,4-7,11H2,1-3H3/t12-/m0/s1. The van der Waals surface area contributed by atoms with Crippen LogP contribution < -0.4 is 14.8 Å². The van der Waals surface area contributed by atoms with Gasteiger partial charge in [0.2, 0.25) is 0 Å². The summed E-state index contributed by atoms with van der Waals surface area (Å²) in [7, 11) is 3.38. The summed E-state index contributed by atoms with van der Waals surface area (Å²) in [5.74, 6) is 2.57. The van der Waals surface area contributed by atoms with Crippen LogP contribution in [0.15, 0.2) is 18.2 Å². The second-order valence-electron chi connectivity index (χ2n) is 5.39. The number of methoxy groups -OCH3 is 2. The molecule has 1 aromatic carbocycles. The second kappa shape index (κ2) is 6.80. The predicted octanol–water partition coefficient (Wildman–Crippen LogP) is 3.37. The molecule has 0 radical (unpaired) electrons. The average molecular weight is 263 g/mol. The van der Waals surface area contributed by atoms with Crippen molar-refractivity contribution in [3.05, 3.63) is 23.8 Å². The summed E-state index contributed by atoms with van der Waals surface area (Å²) < 4.78 is 10.6. The normalized spacial score (nSPS) is 17.4. The van der Waals surface area contributed by atoms with Crippen LogP contribution in [0.5, 0.6) is 11.5 Å². The van der Waals surface area contributed by atoms with E-state index in [1.54, 1.807) is 14.2 Å². The Kier molecular flexibility index (Phi) is 5.08. The van der Waals surface area contributed by atoms with Crippen LogP contribution in [0.25, 0.3) is 0 Å². The molecule has 1 aliphatic rings. The van der Waals surface area contributed by atoms with Crippen molar-refractivity contribution in [2.75, 3.05) is 14.2 Å². The Morgan fingerprint density at radius 1 is 1.21 bits per heavy atom. The molecule has 0 aliphatic heterocycles. The number of nitrogens with one attached hydrogen (secondary N) is 1. The predicted molar refractivity (Wildman–Crippen MR) is 77.8 cm³/mol. The average Bonchev–Trinajstić information content (AvgIpc) is 2.98.